The first-order valence-corrected chi connectivity index (χ1v) is 7.73. The summed E-state index contributed by atoms with van der Waals surface area (Å²) >= 11 is 1.48. The molecule has 106 valence electrons. The molecule has 1 saturated carbocycles. The van der Waals surface area contributed by atoms with E-state index in [-0.39, 0.29) is 5.91 Å². The summed E-state index contributed by atoms with van der Waals surface area (Å²) in [4.78, 5) is 12.5. The first-order valence-electron chi connectivity index (χ1n) is 6.91. The fraction of sp³-hybridized carbons (Fsp3) is 0.267. The molecule has 4 rings (SSSR count). The third-order valence-electron chi connectivity index (χ3n) is 3.73. The van der Waals surface area contributed by atoms with E-state index in [0.29, 0.717) is 16.6 Å². The van der Waals surface area contributed by atoms with Gasteiger partial charge in [0.15, 0.2) is 0 Å². The zero-order valence-corrected chi connectivity index (χ0v) is 12.4. The summed E-state index contributed by atoms with van der Waals surface area (Å²) in [5.41, 5.74) is 1.70. The summed E-state index contributed by atoms with van der Waals surface area (Å²) < 4.78 is 1.96. The summed E-state index contributed by atoms with van der Waals surface area (Å²) in [6.45, 7) is 0. The van der Waals surface area contributed by atoms with Gasteiger partial charge in [0.25, 0.3) is 5.91 Å². The van der Waals surface area contributed by atoms with Crippen molar-refractivity contribution in [2.75, 3.05) is 5.32 Å². The molecule has 1 amide bonds. The Kier molecular flexibility index (Phi) is 2.78. The Morgan fingerprint density at radius 2 is 2.14 bits per heavy atom. The van der Waals surface area contributed by atoms with Crippen molar-refractivity contribution in [1.82, 2.24) is 14.8 Å². The number of hydrogen-bond donors (Lipinski definition) is 1. The molecular formula is C15H14N4OS. The van der Waals surface area contributed by atoms with Crippen LogP contribution in [-0.2, 0) is 7.05 Å². The molecule has 1 aromatic carbocycles. The average Bonchev–Trinajstić information content (AvgIpc) is 3.15. The number of nitrogens with zero attached hydrogens (tertiary/aromatic N) is 3. The van der Waals surface area contributed by atoms with Crippen molar-refractivity contribution in [1.29, 1.82) is 0 Å². The lowest BCUT2D eigenvalue weighted by molar-refractivity contribution is 0.102. The highest BCUT2D eigenvalue weighted by Crippen LogP contribution is 2.42. The van der Waals surface area contributed by atoms with Gasteiger partial charge in [-0.1, -0.05) is 29.5 Å². The van der Waals surface area contributed by atoms with Gasteiger partial charge in [-0.05, 0) is 18.9 Å². The van der Waals surface area contributed by atoms with Crippen molar-refractivity contribution in [2.45, 2.75) is 18.8 Å². The van der Waals surface area contributed by atoms with E-state index in [9.17, 15) is 4.79 Å². The van der Waals surface area contributed by atoms with Gasteiger partial charge >= 0.3 is 0 Å². The normalized spacial score (nSPS) is 14.5. The molecule has 1 fully saturated rings. The van der Waals surface area contributed by atoms with Gasteiger partial charge in [-0.3, -0.25) is 10.1 Å². The van der Waals surface area contributed by atoms with Gasteiger partial charge in [0.1, 0.15) is 5.01 Å². The lowest BCUT2D eigenvalue weighted by atomic mass is 10.1. The molecular weight excluding hydrogens is 284 g/mol. The fourth-order valence-corrected chi connectivity index (χ4v) is 3.37. The number of aryl methyl sites for hydroxylation is 1. The van der Waals surface area contributed by atoms with Crippen molar-refractivity contribution in [2.24, 2.45) is 7.05 Å². The zero-order chi connectivity index (χ0) is 14.4. The number of anilines is 1. The summed E-state index contributed by atoms with van der Waals surface area (Å²) in [6.07, 6.45) is 4.22. The summed E-state index contributed by atoms with van der Waals surface area (Å²) in [6, 6.07) is 7.87. The minimum absolute atomic E-state index is 0.134. The van der Waals surface area contributed by atoms with E-state index in [0.717, 1.165) is 15.9 Å². The molecule has 2 aromatic heterocycles. The van der Waals surface area contributed by atoms with E-state index in [4.69, 9.17) is 0 Å². The lowest BCUT2D eigenvalue weighted by Gasteiger charge is -1.99. The third-order valence-corrected chi connectivity index (χ3v) is 4.73. The molecule has 0 saturated heterocycles. The van der Waals surface area contributed by atoms with Crippen LogP contribution in [0.5, 0.6) is 0 Å². The average molecular weight is 298 g/mol. The van der Waals surface area contributed by atoms with Crippen LogP contribution in [0.4, 0.5) is 5.13 Å². The molecule has 3 aromatic rings. The van der Waals surface area contributed by atoms with Crippen LogP contribution >= 0.6 is 11.3 Å². The van der Waals surface area contributed by atoms with Gasteiger partial charge in [-0.2, -0.15) is 0 Å². The number of fused-ring (bicyclic) bond motifs is 1. The lowest BCUT2D eigenvalue weighted by Crippen LogP contribution is -2.11. The van der Waals surface area contributed by atoms with E-state index >= 15 is 0 Å². The molecule has 0 spiro atoms. The second kappa shape index (κ2) is 4.66. The molecule has 5 nitrogen and oxygen atoms in total. The molecule has 1 aliphatic rings. The van der Waals surface area contributed by atoms with E-state index in [1.807, 2.05) is 42.1 Å². The Morgan fingerprint density at radius 1 is 1.33 bits per heavy atom. The largest absolute Gasteiger partial charge is 0.350 e. The van der Waals surface area contributed by atoms with Crippen molar-refractivity contribution in [3.63, 3.8) is 0 Å². The standard InChI is InChI=1S/C15H14N4OS/c1-19-8-11(10-4-2-3-5-12(10)19)13(20)16-15-18-17-14(21-15)9-6-7-9/h2-5,8-9H,6-7H2,1H3,(H,16,18,20). The summed E-state index contributed by atoms with van der Waals surface area (Å²) in [5.74, 6) is 0.427. The maximum absolute atomic E-state index is 12.5. The van der Waals surface area contributed by atoms with Crippen LogP contribution in [0.1, 0.15) is 34.1 Å². The highest BCUT2D eigenvalue weighted by Gasteiger charge is 2.28. The van der Waals surface area contributed by atoms with Crippen molar-refractivity contribution in [3.8, 4) is 0 Å². The molecule has 21 heavy (non-hydrogen) atoms. The van der Waals surface area contributed by atoms with Crippen LogP contribution < -0.4 is 5.32 Å². The second-order valence-electron chi connectivity index (χ2n) is 5.34. The quantitative estimate of drug-likeness (QED) is 0.808. The predicted octanol–water partition coefficient (Wildman–Crippen LogP) is 3.16. The van der Waals surface area contributed by atoms with Crippen molar-refractivity contribution >= 4 is 33.3 Å². The maximum Gasteiger partial charge on any atom is 0.259 e. The van der Waals surface area contributed by atoms with Crippen LogP contribution in [0.3, 0.4) is 0 Å². The number of para-hydroxylation sites is 1. The molecule has 2 heterocycles. The number of benzene rings is 1. The Hall–Kier alpha value is -2.21. The predicted molar refractivity (Wildman–Crippen MR) is 82.8 cm³/mol. The van der Waals surface area contributed by atoms with Crippen LogP contribution in [-0.4, -0.2) is 20.7 Å². The van der Waals surface area contributed by atoms with Crippen LogP contribution in [0.2, 0.25) is 0 Å². The molecule has 6 heteroatoms. The van der Waals surface area contributed by atoms with Gasteiger partial charge in [0.05, 0.1) is 5.56 Å². The molecule has 0 unspecified atom stereocenters. The van der Waals surface area contributed by atoms with E-state index in [1.165, 1.54) is 24.2 Å². The highest BCUT2D eigenvalue weighted by molar-refractivity contribution is 7.15. The number of rotatable bonds is 3. The fourth-order valence-electron chi connectivity index (χ4n) is 2.47. The van der Waals surface area contributed by atoms with Gasteiger partial charge in [0, 0.05) is 30.1 Å². The molecule has 0 atom stereocenters. The van der Waals surface area contributed by atoms with E-state index in [1.54, 1.807) is 0 Å². The second-order valence-corrected chi connectivity index (χ2v) is 6.35. The topological polar surface area (TPSA) is 59.8 Å². The maximum atomic E-state index is 12.5. The molecule has 1 N–H and O–H groups in total. The third kappa shape index (κ3) is 2.21. The molecule has 0 radical (unpaired) electrons. The minimum Gasteiger partial charge on any atom is -0.350 e. The van der Waals surface area contributed by atoms with E-state index < -0.39 is 0 Å². The number of aromatic nitrogens is 3. The summed E-state index contributed by atoms with van der Waals surface area (Å²) in [5, 5.41) is 13.6. The van der Waals surface area contributed by atoms with Gasteiger partial charge in [-0.25, -0.2) is 0 Å². The zero-order valence-electron chi connectivity index (χ0n) is 11.5. The van der Waals surface area contributed by atoms with Crippen LogP contribution in [0.25, 0.3) is 10.9 Å². The Bertz CT molecular complexity index is 831. The number of carbonyl (C=O) groups excluding carboxylic acids is 1. The SMILES string of the molecule is Cn1cc(C(=O)Nc2nnc(C3CC3)s2)c2ccccc21. The first kappa shape index (κ1) is 12.5. The van der Waals surface area contributed by atoms with Crippen molar-refractivity contribution < 1.29 is 4.79 Å². The number of amides is 1. The van der Waals surface area contributed by atoms with Crippen molar-refractivity contribution in [3.05, 3.63) is 41.0 Å². The summed E-state index contributed by atoms with van der Waals surface area (Å²) in [7, 11) is 1.94. The van der Waals surface area contributed by atoms with Gasteiger partial charge in [0.2, 0.25) is 5.13 Å². The number of carbonyl (C=O) groups is 1. The number of hydrogen-bond acceptors (Lipinski definition) is 4. The monoisotopic (exact) mass is 298 g/mol. The number of nitrogens with one attached hydrogen (secondary N) is 1. The van der Waals surface area contributed by atoms with Crippen LogP contribution in [0.15, 0.2) is 30.5 Å². The highest BCUT2D eigenvalue weighted by atomic mass is 32.1. The van der Waals surface area contributed by atoms with Gasteiger partial charge < -0.3 is 4.57 Å². The smallest absolute Gasteiger partial charge is 0.259 e. The molecule has 1 aliphatic carbocycles. The Labute approximate surface area is 125 Å². The molecule has 0 aliphatic heterocycles. The first-order chi connectivity index (χ1) is 10.2. The molecule has 0 bridgehead atoms. The van der Waals surface area contributed by atoms with E-state index in [2.05, 4.69) is 15.5 Å². The van der Waals surface area contributed by atoms with Gasteiger partial charge in [-0.15, -0.1) is 10.2 Å². The Balaban J connectivity index is 1.63. The minimum atomic E-state index is -0.134. The van der Waals surface area contributed by atoms with Crippen LogP contribution in [0, 0.1) is 0 Å². The Morgan fingerprint density at radius 3 is 2.95 bits per heavy atom.